The van der Waals surface area contributed by atoms with Gasteiger partial charge in [0.05, 0.1) is 13.0 Å². The molecule has 0 heterocycles. The second kappa shape index (κ2) is 9.51. The van der Waals surface area contributed by atoms with E-state index < -0.39 is 0 Å². The van der Waals surface area contributed by atoms with Gasteiger partial charge in [-0.1, -0.05) is 66.7 Å². The van der Waals surface area contributed by atoms with E-state index in [1.807, 2.05) is 54.6 Å². The van der Waals surface area contributed by atoms with Crippen LogP contribution in [0.4, 0.5) is 0 Å². The van der Waals surface area contributed by atoms with Crippen LogP contribution in [0.1, 0.15) is 22.8 Å². The monoisotopic (exact) mass is 374 g/mol. The Hall–Kier alpha value is -3.40. The van der Waals surface area contributed by atoms with Gasteiger partial charge in [-0.3, -0.25) is 9.59 Å². The van der Waals surface area contributed by atoms with Crippen molar-refractivity contribution in [1.29, 1.82) is 0 Å². The fraction of sp³-hybridized carbons (Fsp3) is 0.167. The molecule has 4 heteroatoms. The first kappa shape index (κ1) is 19.4. The fourth-order valence-corrected chi connectivity index (χ4v) is 2.79. The number of carbonyl (C=O) groups excluding carboxylic acids is 2. The lowest BCUT2D eigenvalue weighted by Crippen LogP contribution is -2.11. The van der Waals surface area contributed by atoms with Crippen molar-refractivity contribution in [3.8, 4) is 16.9 Å². The van der Waals surface area contributed by atoms with Gasteiger partial charge in [0.15, 0.2) is 12.4 Å². The third kappa shape index (κ3) is 5.30. The van der Waals surface area contributed by atoms with Crippen molar-refractivity contribution in [3.05, 3.63) is 90.0 Å². The molecule has 4 nitrogen and oxygen atoms in total. The van der Waals surface area contributed by atoms with Gasteiger partial charge >= 0.3 is 5.97 Å². The van der Waals surface area contributed by atoms with Gasteiger partial charge in [-0.05, 0) is 35.7 Å². The van der Waals surface area contributed by atoms with Crippen LogP contribution in [0.2, 0.25) is 0 Å². The van der Waals surface area contributed by atoms with Gasteiger partial charge < -0.3 is 9.47 Å². The van der Waals surface area contributed by atoms with Crippen LogP contribution in [0.15, 0.2) is 78.9 Å². The van der Waals surface area contributed by atoms with Gasteiger partial charge in [0.2, 0.25) is 0 Å². The molecule has 3 aromatic carbocycles. The van der Waals surface area contributed by atoms with E-state index in [2.05, 4.69) is 0 Å². The molecule has 0 fully saturated rings. The SMILES string of the molecule is CCOC(=O)Cc1ccc(OCC(=O)c2ccc(-c3ccccc3)cc2)cc1. The molecule has 0 aliphatic heterocycles. The summed E-state index contributed by atoms with van der Waals surface area (Å²) >= 11 is 0. The van der Waals surface area contributed by atoms with Gasteiger partial charge in [0.1, 0.15) is 5.75 Å². The summed E-state index contributed by atoms with van der Waals surface area (Å²) in [5, 5.41) is 0. The molecule has 3 rings (SSSR count). The van der Waals surface area contributed by atoms with E-state index in [1.54, 1.807) is 31.2 Å². The third-order valence-electron chi connectivity index (χ3n) is 4.26. The largest absolute Gasteiger partial charge is 0.485 e. The van der Waals surface area contributed by atoms with Gasteiger partial charge in [0.25, 0.3) is 0 Å². The molecule has 0 aromatic heterocycles. The Morgan fingerprint density at radius 1 is 0.786 bits per heavy atom. The summed E-state index contributed by atoms with van der Waals surface area (Å²) in [6, 6.07) is 24.6. The highest BCUT2D eigenvalue weighted by Crippen LogP contribution is 2.20. The Morgan fingerprint density at radius 2 is 1.43 bits per heavy atom. The third-order valence-corrected chi connectivity index (χ3v) is 4.26. The number of Topliss-reactive ketones (excluding diaryl/α,β-unsaturated/α-hetero) is 1. The molecular weight excluding hydrogens is 352 g/mol. The van der Waals surface area contributed by atoms with Crippen molar-refractivity contribution in [2.45, 2.75) is 13.3 Å². The Bertz CT molecular complexity index is 913. The average Bonchev–Trinajstić information content (AvgIpc) is 2.74. The second-order valence-electron chi connectivity index (χ2n) is 6.28. The molecule has 0 saturated heterocycles. The highest BCUT2D eigenvalue weighted by Gasteiger charge is 2.08. The summed E-state index contributed by atoms with van der Waals surface area (Å²) < 4.78 is 10.5. The number of ether oxygens (including phenoxy) is 2. The highest BCUT2D eigenvalue weighted by molar-refractivity contribution is 5.97. The number of esters is 1. The van der Waals surface area contributed by atoms with Crippen molar-refractivity contribution in [2.24, 2.45) is 0 Å². The molecule has 0 bridgehead atoms. The van der Waals surface area contributed by atoms with Gasteiger partial charge in [-0.15, -0.1) is 0 Å². The molecule has 0 atom stereocenters. The molecule has 28 heavy (non-hydrogen) atoms. The molecule has 3 aromatic rings. The minimum Gasteiger partial charge on any atom is -0.485 e. The molecule has 0 N–H and O–H groups in total. The maximum atomic E-state index is 12.4. The number of ketones is 1. The minimum atomic E-state index is -0.259. The smallest absolute Gasteiger partial charge is 0.310 e. The number of hydrogen-bond donors (Lipinski definition) is 0. The zero-order chi connectivity index (χ0) is 19.8. The van der Waals surface area contributed by atoms with Gasteiger partial charge in [-0.2, -0.15) is 0 Å². The second-order valence-corrected chi connectivity index (χ2v) is 6.28. The summed E-state index contributed by atoms with van der Waals surface area (Å²) in [5.74, 6) is 0.238. The van der Waals surface area contributed by atoms with E-state index in [0.717, 1.165) is 16.7 Å². The quantitative estimate of drug-likeness (QED) is 0.423. The van der Waals surface area contributed by atoms with Crippen LogP contribution in [-0.4, -0.2) is 25.0 Å². The zero-order valence-electron chi connectivity index (χ0n) is 15.8. The summed E-state index contributed by atoms with van der Waals surface area (Å²) in [7, 11) is 0. The summed E-state index contributed by atoms with van der Waals surface area (Å²) in [4.78, 5) is 23.8. The Morgan fingerprint density at radius 3 is 2.07 bits per heavy atom. The van der Waals surface area contributed by atoms with Crippen LogP contribution in [0.25, 0.3) is 11.1 Å². The van der Waals surface area contributed by atoms with E-state index in [0.29, 0.717) is 17.9 Å². The molecule has 142 valence electrons. The van der Waals surface area contributed by atoms with Crippen molar-refractivity contribution in [2.75, 3.05) is 13.2 Å². The lowest BCUT2D eigenvalue weighted by atomic mass is 10.0. The van der Waals surface area contributed by atoms with Crippen LogP contribution in [0, 0.1) is 0 Å². The normalized spacial score (nSPS) is 10.3. The number of hydrogen-bond acceptors (Lipinski definition) is 4. The van der Waals surface area contributed by atoms with E-state index in [4.69, 9.17) is 9.47 Å². The summed E-state index contributed by atoms with van der Waals surface area (Å²) in [5.41, 5.74) is 3.63. The average molecular weight is 374 g/mol. The lowest BCUT2D eigenvalue weighted by Gasteiger charge is -2.08. The van der Waals surface area contributed by atoms with Crippen LogP contribution in [-0.2, 0) is 16.0 Å². The number of carbonyl (C=O) groups is 2. The molecule has 0 aliphatic carbocycles. The Labute approximate surface area is 164 Å². The van der Waals surface area contributed by atoms with Crippen molar-refractivity contribution < 1.29 is 19.1 Å². The molecule has 0 radical (unpaired) electrons. The van der Waals surface area contributed by atoms with E-state index in [-0.39, 0.29) is 24.8 Å². The first-order valence-electron chi connectivity index (χ1n) is 9.22. The topological polar surface area (TPSA) is 52.6 Å². The van der Waals surface area contributed by atoms with Crippen molar-refractivity contribution in [3.63, 3.8) is 0 Å². The van der Waals surface area contributed by atoms with Crippen LogP contribution in [0.5, 0.6) is 5.75 Å². The molecule has 0 aliphatic rings. The summed E-state index contributed by atoms with van der Waals surface area (Å²) in [6.45, 7) is 2.11. The molecule has 0 spiro atoms. The van der Waals surface area contributed by atoms with E-state index >= 15 is 0 Å². The van der Waals surface area contributed by atoms with Crippen LogP contribution >= 0.6 is 0 Å². The molecule has 0 unspecified atom stereocenters. The van der Waals surface area contributed by atoms with E-state index in [1.165, 1.54) is 0 Å². The Balaban J connectivity index is 1.54. The first-order valence-corrected chi connectivity index (χ1v) is 9.22. The van der Waals surface area contributed by atoms with E-state index in [9.17, 15) is 9.59 Å². The number of rotatable bonds is 8. The molecular formula is C24H22O4. The minimum absolute atomic E-state index is 0.0398. The molecule has 0 amide bonds. The van der Waals surface area contributed by atoms with Crippen molar-refractivity contribution >= 4 is 11.8 Å². The van der Waals surface area contributed by atoms with Crippen LogP contribution in [0.3, 0.4) is 0 Å². The maximum absolute atomic E-state index is 12.4. The standard InChI is InChI=1S/C24H22O4/c1-2-27-24(26)16-18-8-14-22(15-9-18)28-17-23(25)21-12-10-20(11-13-21)19-6-4-3-5-7-19/h3-15H,2,16-17H2,1H3. The first-order chi connectivity index (χ1) is 13.7. The lowest BCUT2D eigenvalue weighted by molar-refractivity contribution is -0.142. The Kier molecular flexibility index (Phi) is 6.58. The van der Waals surface area contributed by atoms with Crippen LogP contribution < -0.4 is 4.74 Å². The molecule has 0 saturated carbocycles. The van der Waals surface area contributed by atoms with Crippen molar-refractivity contribution in [1.82, 2.24) is 0 Å². The fourth-order valence-electron chi connectivity index (χ4n) is 2.79. The number of benzene rings is 3. The zero-order valence-corrected chi connectivity index (χ0v) is 15.8. The van der Waals surface area contributed by atoms with Gasteiger partial charge in [0, 0.05) is 5.56 Å². The predicted molar refractivity (Wildman–Crippen MR) is 108 cm³/mol. The maximum Gasteiger partial charge on any atom is 0.310 e. The predicted octanol–water partition coefficient (Wildman–Crippen LogP) is 4.72. The summed E-state index contributed by atoms with van der Waals surface area (Å²) in [6.07, 6.45) is 0.223. The highest BCUT2D eigenvalue weighted by atomic mass is 16.5. The van der Waals surface area contributed by atoms with Gasteiger partial charge in [-0.25, -0.2) is 0 Å².